The summed E-state index contributed by atoms with van der Waals surface area (Å²) in [7, 11) is -3.81. The normalized spacial score (nSPS) is 12.6. The average molecular weight is 284 g/mol. The summed E-state index contributed by atoms with van der Waals surface area (Å²) in [6.45, 7) is 6.48. The summed E-state index contributed by atoms with van der Waals surface area (Å²) in [5.41, 5.74) is 2.73. The summed E-state index contributed by atoms with van der Waals surface area (Å²) in [4.78, 5) is 0. The van der Waals surface area contributed by atoms with Crippen LogP contribution < -0.4 is 0 Å². The Morgan fingerprint density at radius 3 is 2.47 bits per heavy atom. The van der Waals surface area contributed by atoms with Gasteiger partial charge in [0.15, 0.2) is 0 Å². The fraction of sp³-hybridized carbons (Fsp3) is 0.600. The molecule has 0 aromatic heterocycles. The molecule has 0 amide bonds. The molecule has 0 aliphatic heterocycles. The molecule has 3 nitrogen and oxygen atoms in total. The van der Waals surface area contributed by atoms with E-state index in [0.717, 1.165) is 19.3 Å². The van der Waals surface area contributed by atoms with Crippen molar-refractivity contribution in [3.05, 3.63) is 35.4 Å². The van der Waals surface area contributed by atoms with Crippen molar-refractivity contribution >= 4 is 10.1 Å². The zero-order valence-electron chi connectivity index (χ0n) is 12.0. The van der Waals surface area contributed by atoms with Gasteiger partial charge in [-0.25, -0.2) is 0 Å². The predicted octanol–water partition coefficient (Wildman–Crippen LogP) is 3.62. The predicted molar refractivity (Wildman–Crippen MR) is 78.9 cm³/mol. The first-order chi connectivity index (χ1) is 8.68. The molecule has 0 aliphatic carbocycles. The van der Waals surface area contributed by atoms with E-state index in [9.17, 15) is 8.42 Å². The number of benzene rings is 1. The number of aryl methyl sites for hydroxylation is 1. The van der Waals surface area contributed by atoms with E-state index < -0.39 is 10.1 Å². The SMILES string of the molecule is Cc1cccc(CC(C)(C)CCCCS(=O)(=O)O)c1. The van der Waals surface area contributed by atoms with Crippen LogP contribution in [0.25, 0.3) is 0 Å². The maximum atomic E-state index is 10.6. The minimum Gasteiger partial charge on any atom is -0.286 e. The van der Waals surface area contributed by atoms with E-state index in [4.69, 9.17) is 4.55 Å². The molecular weight excluding hydrogens is 260 g/mol. The van der Waals surface area contributed by atoms with Crippen LogP contribution in [-0.2, 0) is 16.5 Å². The molecule has 0 aliphatic rings. The van der Waals surface area contributed by atoms with E-state index in [1.54, 1.807) is 0 Å². The molecule has 0 saturated carbocycles. The van der Waals surface area contributed by atoms with Crippen LogP contribution in [0.3, 0.4) is 0 Å². The Kier molecular flexibility index (Phi) is 5.56. The van der Waals surface area contributed by atoms with Crippen LogP contribution in [-0.4, -0.2) is 18.7 Å². The molecule has 0 atom stereocenters. The maximum Gasteiger partial charge on any atom is 0.264 e. The Morgan fingerprint density at radius 1 is 1.21 bits per heavy atom. The van der Waals surface area contributed by atoms with Crippen LogP contribution in [0.1, 0.15) is 44.2 Å². The molecule has 0 saturated heterocycles. The highest BCUT2D eigenvalue weighted by Crippen LogP contribution is 2.28. The van der Waals surface area contributed by atoms with Gasteiger partial charge in [0, 0.05) is 0 Å². The molecule has 4 heteroatoms. The molecule has 1 aromatic carbocycles. The Labute approximate surface area is 116 Å². The second kappa shape index (κ2) is 6.53. The third-order valence-electron chi connectivity index (χ3n) is 3.27. The molecule has 0 unspecified atom stereocenters. The van der Waals surface area contributed by atoms with Crippen molar-refractivity contribution in [3.8, 4) is 0 Å². The number of hydrogen-bond donors (Lipinski definition) is 1. The van der Waals surface area contributed by atoms with Crippen molar-refractivity contribution < 1.29 is 13.0 Å². The third-order valence-corrected chi connectivity index (χ3v) is 4.08. The summed E-state index contributed by atoms with van der Waals surface area (Å²) in [5.74, 6) is -0.131. The van der Waals surface area contributed by atoms with Crippen molar-refractivity contribution in [2.75, 3.05) is 5.75 Å². The third kappa shape index (κ3) is 7.33. The van der Waals surface area contributed by atoms with Crippen LogP contribution in [0.5, 0.6) is 0 Å². The fourth-order valence-corrected chi connectivity index (χ4v) is 2.92. The summed E-state index contributed by atoms with van der Waals surface area (Å²) in [5, 5.41) is 0. The molecule has 1 rings (SSSR count). The van der Waals surface area contributed by atoms with E-state index in [1.165, 1.54) is 11.1 Å². The van der Waals surface area contributed by atoms with Gasteiger partial charge < -0.3 is 0 Å². The Balaban J connectivity index is 2.43. The molecule has 19 heavy (non-hydrogen) atoms. The van der Waals surface area contributed by atoms with Gasteiger partial charge in [0.25, 0.3) is 10.1 Å². The van der Waals surface area contributed by atoms with Crippen molar-refractivity contribution in [2.45, 2.75) is 46.5 Å². The van der Waals surface area contributed by atoms with Crippen molar-refractivity contribution in [1.29, 1.82) is 0 Å². The minimum atomic E-state index is -3.81. The maximum absolute atomic E-state index is 10.6. The lowest BCUT2D eigenvalue weighted by atomic mass is 9.81. The van der Waals surface area contributed by atoms with E-state index >= 15 is 0 Å². The van der Waals surface area contributed by atoms with Gasteiger partial charge in [-0.05, 0) is 37.2 Å². The molecule has 1 N–H and O–H groups in total. The summed E-state index contributed by atoms with van der Waals surface area (Å²) < 4.78 is 30.0. The molecule has 0 bridgehead atoms. The zero-order chi connectivity index (χ0) is 14.5. The standard InChI is InChI=1S/C15H24O3S/c1-13-7-6-8-14(11-13)12-15(2,3)9-4-5-10-19(16,17)18/h6-8,11H,4-5,9-10,12H2,1-3H3,(H,16,17,18). The number of hydrogen-bond acceptors (Lipinski definition) is 2. The van der Waals surface area contributed by atoms with E-state index in [-0.39, 0.29) is 11.2 Å². The summed E-state index contributed by atoms with van der Waals surface area (Å²) in [6, 6.07) is 8.48. The lowest BCUT2D eigenvalue weighted by molar-refractivity contribution is 0.321. The Hall–Kier alpha value is -0.870. The second-order valence-electron chi connectivity index (χ2n) is 6.07. The summed E-state index contributed by atoms with van der Waals surface area (Å²) in [6.07, 6.45) is 3.28. The van der Waals surface area contributed by atoms with Crippen LogP contribution in [0, 0.1) is 12.3 Å². The van der Waals surface area contributed by atoms with Gasteiger partial charge >= 0.3 is 0 Å². The van der Waals surface area contributed by atoms with Gasteiger partial charge in [-0.2, -0.15) is 8.42 Å². The van der Waals surface area contributed by atoms with Crippen molar-refractivity contribution in [2.24, 2.45) is 5.41 Å². The quantitative estimate of drug-likeness (QED) is 0.614. The highest BCUT2D eigenvalue weighted by Gasteiger charge is 2.18. The molecule has 0 radical (unpaired) electrons. The van der Waals surface area contributed by atoms with Crippen molar-refractivity contribution in [1.82, 2.24) is 0 Å². The van der Waals surface area contributed by atoms with Gasteiger partial charge in [-0.1, -0.05) is 50.1 Å². The van der Waals surface area contributed by atoms with Gasteiger partial charge in [0.2, 0.25) is 0 Å². The van der Waals surface area contributed by atoms with E-state index in [0.29, 0.717) is 6.42 Å². The molecule has 1 aromatic rings. The molecule has 0 fully saturated rings. The fourth-order valence-electron chi connectivity index (χ4n) is 2.35. The van der Waals surface area contributed by atoms with Crippen LogP contribution >= 0.6 is 0 Å². The minimum absolute atomic E-state index is 0.131. The monoisotopic (exact) mass is 284 g/mol. The van der Waals surface area contributed by atoms with Gasteiger partial charge in [-0.15, -0.1) is 0 Å². The van der Waals surface area contributed by atoms with E-state index in [2.05, 4.69) is 45.0 Å². The molecular formula is C15H24O3S. The lowest BCUT2D eigenvalue weighted by Crippen LogP contribution is -2.15. The largest absolute Gasteiger partial charge is 0.286 e. The highest BCUT2D eigenvalue weighted by molar-refractivity contribution is 7.85. The molecule has 0 spiro atoms. The van der Waals surface area contributed by atoms with Gasteiger partial charge in [0.1, 0.15) is 0 Å². The second-order valence-corrected chi connectivity index (χ2v) is 7.65. The first-order valence-electron chi connectivity index (χ1n) is 6.69. The Bertz CT molecular complexity index is 504. The number of unbranched alkanes of at least 4 members (excludes halogenated alkanes) is 1. The van der Waals surface area contributed by atoms with Gasteiger partial charge in [0.05, 0.1) is 5.75 Å². The molecule has 0 heterocycles. The van der Waals surface area contributed by atoms with E-state index in [1.807, 2.05) is 0 Å². The lowest BCUT2D eigenvalue weighted by Gasteiger charge is -2.25. The Morgan fingerprint density at radius 2 is 1.89 bits per heavy atom. The zero-order valence-corrected chi connectivity index (χ0v) is 12.8. The summed E-state index contributed by atoms with van der Waals surface area (Å²) >= 11 is 0. The highest BCUT2D eigenvalue weighted by atomic mass is 32.2. The average Bonchev–Trinajstić information content (AvgIpc) is 2.22. The van der Waals surface area contributed by atoms with Crippen LogP contribution in [0.15, 0.2) is 24.3 Å². The first kappa shape index (κ1) is 16.2. The topological polar surface area (TPSA) is 54.4 Å². The van der Waals surface area contributed by atoms with Crippen LogP contribution in [0.2, 0.25) is 0 Å². The van der Waals surface area contributed by atoms with Crippen LogP contribution in [0.4, 0.5) is 0 Å². The smallest absolute Gasteiger partial charge is 0.264 e. The molecule has 108 valence electrons. The van der Waals surface area contributed by atoms with Crippen molar-refractivity contribution in [3.63, 3.8) is 0 Å². The van der Waals surface area contributed by atoms with Gasteiger partial charge in [-0.3, -0.25) is 4.55 Å². The number of rotatable bonds is 7. The first-order valence-corrected chi connectivity index (χ1v) is 8.30.